The summed E-state index contributed by atoms with van der Waals surface area (Å²) in [5.41, 5.74) is 0. The average Bonchev–Trinajstić information content (AvgIpc) is 2.64. The van der Waals surface area contributed by atoms with E-state index in [-0.39, 0.29) is 6.67 Å². The molecule has 74 valence electrons. The monoisotopic (exact) mass is 185 g/mol. The van der Waals surface area contributed by atoms with Crippen LogP contribution >= 0.6 is 0 Å². The van der Waals surface area contributed by atoms with Crippen molar-refractivity contribution in [2.45, 2.75) is 25.8 Å². The molecule has 0 amide bonds. The molecule has 0 aliphatic rings. The fourth-order valence-electron chi connectivity index (χ4n) is 1.22. The molecule has 0 bridgehead atoms. The molecule has 3 heteroatoms. The van der Waals surface area contributed by atoms with E-state index < -0.39 is 0 Å². The minimum atomic E-state index is -0.301. The molecule has 0 aliphatic heterocycles. The van der Waals surface area contributed by atoms with Crippen molar-refractivity contribution in [3.05, 3.63) is 24.2 Å². The van der Waals surface area contributed by atoms with Gasteiger partial charge in [0.2, 0.25) is 0 Å². The molecule has 1 aromatic heterocycles. The zero-order valence-electron chi connectivity index (χ0n) is 7.92. The van der Waals surface area contributed by atoms with Gasteiger partial charge in [-0.05, 0) is 25.5 Å². The van der Waals surface area contributed by atoms with Crippen LogP contribution in [0.1, 0.15) is 19.1 Å². The number of hydrogen-bond acceptors (Lipinski definition) is 2. The minimum absolute atomic E-state index is 0.301. The second-order valence-electron chi connectivity index (χ2n) is 3.16. The van der Waals surface area contributed by atoms with Crippen molar-refractivity contribution < 1.29 is 8.81 Å². The lowest BCUT2D eigenvalue weighted by Gasteiger charge is -2.10. The number of hydrogen-bond donors (Lipinski definition) is 1. The topological polar surface area (TPSA) is 25.2 Å². The first-order valence-electron chi connectivity index (χ1n) is 4.64. The Kier molecular flexibility index (Phi) is 4.54. The predicted octanol–water partition coefficient (Wildman–Crippen LogP) is 2.16. The van der Waals surface area contributed by atoms with Crippen LogP contribution in [-0.2, 0) is 6.42 Å². The van der Waals surface area contributed by atoms with Gasteiger partial charge in [-0.25, -0.2) is 4.39 Å². The number of furan rings is 1. The summed E-state index contributed by atoms with van der Waals surface area (Å²) in [4.78, 5) is 0. The molecular formula is C10H16FNO. The van der Waals surface area contributed by atoms with E-state index in [1.165, 1.54) is 0 Å². The first kappa shape index (κ1) is 10.3. The van der Waals surface area contributed by atoms with Crippen LogP contribution in [0.4, 0.5) is 4.39 Å². The third-order valence-electron chi connectivity index (χ3n) is 1.99. The highest BCUT2D eigenvalue weighted by atomic mass is 19.1. The van der Waals surface area contributed by atoms with E-state index in [9.17, 15) is 4.39 Å². The minimum Gasteiger partial charge on any atom is -0.469 e. The molecule has 0 aliphatic carbocycles. The molecule has 0 fully saturated rings. The summed E-state index contributed by atoms with van der Waals surface area (Å²) in [6.07, 6.45) is 3.57. The molecule has 1 unspecified atom stereocenters. The second kappa shape index (κ2) is 5.75. The maximum absolute atomic E-state index is 11.8. The smallest absolute Gasteiger partial charge is 0.103 e. The lowest BCUT2D eigenvalue weighted by molar-refractivity contribution is 0.418. The van der Waals surface area contributed by atoms with E-state index in [0.717, 1.165) is 18.6 Å². The van der Waals surface area contributed by atoms with Crippen molar-refractivity contribution in [2.24, 2.45) is 0 Å². The van der Waals surface area contributed by atoms with Crippen LogP contribution in [0.15, 0.2) is 22.8 Å². The third kappa shape index (κ3) is 4.08. The van der Waals surface area contributed by atoms with E-state index in [4.69, 9.17) is 4.42 Å². The summed E-state index contributed by atoms with van der Waals surface area (Å²) in [6, 6.07) is 4.19. The summed E-state index contributed by atoms with van der Waals surface area (Å²) < 4.78 is 17.0. The summed E-state index contributed by atoms with van der Waals surface area (Å²) in [7, 11) is 0. The van der Waals surface area contributed by atoms with Gasteiger partial charge < -0.3 is 9.73 Å². The van der Waals surface area contributed by atoms with Crippen LogP contribution in [0, 0.1) is 0 Å². The zero-order chi connectivity index (χ0) is 9.52. The largest absolute Gasteiger partial charge is 0.469 e. The van der Waals surface area contributed by atoms with Crippen molar-refractivity contribution >= 4 is 0 Å². The maximum atomic E-state index is 11.8. The molecule has 0 aromatic carbocycles. The van der Waals surface area contributed by atoms with Gasteiger partial charge in [-0.3, -0.25) is 0 Å². The van der Waals surface area contributed by atoms with Crippen molar-refractivity contribution in [2.75, 3.05) is 13.2 Å². The van der Waals surface area contributed by atoms with Gasteiger partial charge in [-0.2, -0.15) is 0 Å². The molecule has 0 saturated heterocycles. The van der Waals surface area contributed by atoms with Crippen LogP contribution in [0.2, 0.25) is 0 Å². The van der Waals surface area contributed by atoms with Gasteiger partial charge in [0.25, 0.3) is 0 Å². The van der Waals surface area contributed by atoms with Crippen LogP contribution in [0.25, 0.3) is 0 Å². The highest BCUT2D eigenvalue weighted by Gasteiger charge is 2.02. The Morgan fingerprint density at radius 3 is 3.08 bits per heavy atom. The third-order valence-corrected chi connectivity index (χ3v) is 1.99. The van der Waals surface area contributed by atoms with Gasteiger partial charge in [-0.15, -0.1) is 0 Å². The highest BCUT2D eigenvalue weighted by molar-refractivity contribution is 4.98. The molecule has 0 radical (unpaired) electrons. The quantitative estimate of drug-likeness (QED) is 0.734. The van der Waals surface area contributed by atoms with Crippen LogP contribution in [-0.4, -0.2) is 19.3 Å². The lowest BCUT2D eigenvalue weighted by Crippen LogP contribution is -2.28. The molecule has 2 nitrogen and oxygen atoms in total. The Bertz CT molecular complexity index is 211. The molecule has 0 spiro atoms. The first-order valence-corrected chi connectivity index (χ1v) is 4.64. The Hall–Kier alpha value is -0.830. The second-order valence-corrected chi connectivity index (χ2v) is 3.16. The summed E-state index contributed by atoms with van der Waals surface area (Å²) in [5, 5.41) is 3.08. The summed E-state index contributed by atoms with van der Waals surface area (Å²) in [5.74, 6) is 0.994. The molecule has 1 aromatic rings. The number of rotatable bonds is 6. The molecule has 1 N–H and O–H groups in total. The first-order chi connectivity index (χ1) is 6.33. The van der Waals surface area contributed by atoms with E-state index in [1.54, 1.807) is 6.26 Å². The number of nitrogens with one attached hydrogen (secondary N) is 1. The number of halogens is 1. The molecule has 1 atom stereocenters. The van der Waals surface area contributed by atoms with Gasteiger partial charge in [0, 0.05) is 19.0 Å². The van der Waals surface area contributed by atoms with E-state index in [2.05, 4.69) is 12.2 Å². The van der Waals surface area contributed by atoms with Crippen molar-refractivity contribution in [1.82, 2.24) is 5.32 Å². The van der Waals surface area contributed by atoms with Gasteiger partial charge in [0.1, 0.15) is 12.4 Å². The zero-order valence-corrected chi connectivity index (χ0v) is 7.92. The average molecular weight is 185 g/mol. The molecule has 1 rings (SSSR count). The lowest BCUT2D eigenvalue weighted by atomic mass is 10.1. The van der Waals surface area contributed by atoms with Gasteiger partial charge in [0.15, 0.2) is 0 Å². The normalized spacial score (nSPS) is 13.1. The summed E-state index contributed by atoms with van der Waals surface area (Å²) in [6.45, 7) is 2.20. The SMILES string of the molecule is CC(CCc1ccco1)NCCF. The molecular weight excluding hydrogens is 169 g/mol. The molecule has 0 saturated carbocycles. The standard InChI is InChI=1S/C10H16FNO/c1-9(12-7-6-11)4-5-10-3-2-8-13-10/h2-3,8-9,12H,4-7H2,1H3. The fraction of sp³-hybridized carbons (Fsp3) is 0.600. The fourth-order valence-corrected chi connectivity index (χ4v) is 1.22. The Morgan fingerprint density at radius 1 is 1.62 bits per heavy atom. The van der Waals surface area contributed by atoms with Crippen LogP contribution in [0.5, 0.6) is 0 Å². The number of aryl methyl sites for hydroxylation is 1. The Morgan fingerprint density at radius 2 is 2.46 bits per heavy atom. The maximum Gasteiger partial charge on any atom is 0.103 e. The van der Waals surface area contributed by atoms with Crippen molar-refractivity contribution in [3.63, 3.8) is 0 Å². The molecule has 1 heterocycles. The predicted molar refractivity (Wildman–Crippen MR) is 50.5 cm³/mol. The highest BCUT2D eigenvalue weighted by Crippen LogP contribution is 2.05. The summed E-state index contributed by atoms with van der Waals surface area (Å²) >= 11 is 0. The van der Waals surface area contributed by atoms with E-state index in [0.29, 0.717) is 12.6 Å². The van der Waals surface area contributed by atoms with E-state index >= 15 is 0 Å². The Labute approximate surface area is 78.1 Å². The van der Waals surface area contributed by atoms with Crippen molar-refractivity contribution in [1.29, 1.82) is 0 Å². The van der Waals surface area contributed by atoms with Gasteiger partial charge in [-0.1, -0.05) is 0 Å². The van der Waals surface area contributed by atoms with Crippen LogP contribution in [0.3, 0.4) is 0 Å². The van der Waals surface area contributed by atoms with Crippen LogP contribution < -0.4 is 5.32 Å². The Balaban J connectivity index is 2.11. The van der Waals surface area contributed by atoms with Gasteiger partial charge >= 0.3 is 0 Å². The number of alkyl halides is 1. The molecule has 13 heavy (non-hydrogen) atoms. The van der Waals surface area contributed by atoms with Gasteiger partial charge in [0.05, 0.1) is 6.26 Å². The van der Waals surface area contributed by atoms with Crippen molar-refractivity contribution in [3.8, 4) is 0 Å². The van der Waals surface area contributed by atoms with E-state index in [1.807, 2.05) is 12.1 Å².